The van der Waals surface area contributed by atoms with Gasteiger partial charge in [0.2, 0.25) is 5.91 Å². The molecule has 3 rings (SSSR count). The van der Waals surface area contributed by atoms with E-state index in [9.17, 15) is 9.59 Å². The van der Waals surface area contributed by atoms with Crippen molar-refractivity contribution in [3.63, 3.8) is 0 Å². The fourth-order valence-corrected chi connectivity index (χ4v) is 3.25. The summed E-state index contributed by atoms with van der Waals surface area (Å²) in [4.78, 5) is 31.2. The van der Waals surface area contributed by atoms with Crippen molar-refractivity contribution in [2.75, 3.05) is 12.0 Å². The zero-order valence-corrected chi connectivity index (χ0v) is 14.5. The summed E-state index contributed by atoms with van der Waals surface area (Å²) < 4.78 is 4.92. The fourth-order valence-electron chi connectivity index (χ4n) is 3.25. The van der Waals surface area contributed by atoms with Crippen molar-refractivity contribution in [3.8, 4) is 0 Å². The molecule has 0 unspecified atom stereocenters. The molecule has 0 aliphatic heterocycles. The molecule has 25 heavy (non-hydrogen) atoms. The maximum Gasteiger partial charge on any atom is 0.328 e. The Kier molecular flexibility index (Phi) is 5.12. The molecule has 1 heterocycles. The Morgan fingerprint density at radius 1 is 1.24 bits per heavy atom. The van der Waals surface area contributed by atoms with Crippen LogP contribution in [-0.4, -0.2) is 30.0 Å². The van der Waals surface area contributed by atoms with Gasteiger partial charge in [-0.15, -0.1) is 0 Å². The van der Waals surface area contributed by atoms with E-state index in [0.29, 0.717) is 6.42 Å². The van der Waals surface area contributed by atoms with Crippen molar-refractivity contribution in [3.05, 3.63) is 60.4 Å². The van der Waals surface area contributed by atoms with Gasteiger partial charge in [-0.3, -0.25) is 14.7 Å². The van der Waals surface area contributed by atoms with Gasteiger partial charge in [0, 0.05) is 24.0 Å². The first-order chi connectivity index (χ1) is 12.2. The number of nitrogens with zero attached hydrogens (tertiary/aromatic N) is 2. The van der Waals surface area contributed by atoms with Crippen LogP contribution in [0, 0.1) is 5.92 Å². The molecule has 1 aromatic heterocycles. The summed E-state index contributed by atoms with van der Waals surface area (Å²) in [5, 5.41) is 0. The number of pyridine rings is 1. The van der Waals surface area contributed by atoms with Crippen LogP contribution in [0.1, 0.15) is 31.2 Å². The molecule has 5 heteroatoms. The molecule has 0 N–H and O–H groups in total. The monoisotopic (exact) mass is 338 g/mol. The van der Waals surface area contributed by atoms with Gasteiger partial charge in [-0.1, -0.05) is 31.2 Å². The number of hydrogen-bond donors (Lipinski definition) is 0. The third-order valence-corrected chi connectivity index (χ3v) is 4.66. The van der Waals surface area contributed by atoms with Crippen molar-refractivity contribution >= 4 is 17.6 Å². The molecule has 3 atom stereocenters. The van der Waals surface area contributed by atoms with Crippen LogP contribution < -0.4 is 4.90 Å². The number of esters is 1. The first-order valence-electron chi connectivity index (χ1n) is 8.53. The van der Waals surface area contributed by atoms with Crippen LogP contribution in [0.2, 0.25) is 0 Å². The molecule has 0 bridgehead atoms. The molecule has 5 nitrogen and oxygen atoms in total. The van der Waals surface area contributed by atoms with Gasteiger partial charge in [-0.2, -0.15) is 0 Å². The first-order valence-corrected chi connectivity index (χ1v) is 8.53. The Morgan fingerprint density at radius 2 is 2.00 bits per heavy atom. The summed E-state index contributed by atoms with van der Waals surface area (Å²) in [6.07, 6.45) is 4.81. The number of rotatable bonds is 6. The molecule has 1 aromatic carbocycles. The van der Waals surface area contributed by atoms with Crippen LogP contribution in [0.4, 0.5) is 5.69 Å². The number of carbonyl (C=O) groups excluding carboxylic acids is 2. The number of ether oxygens (including phenoxy) is 1. The highest BCUT2D eigenvalue weighted by Crippen LogP contribution is 2.49. The van der Waals surface area contributed by atoms with Crippen LogP contribution >= 0.6 is 0 Å². The SMILES string of the molecule is CC[C@H](C(=O)OC)N(C(=O)[C@H]1C[C@@H]1c1cccnc1)c1ccccc1. The summed E-state index contributed by atoms with van der Waals surface area (Å²) in [6, 6.07) is 12.6. The Morgan fingerprint density at radius 3 is 2.60 bits per heavy atom. The van der Waals surface area contributed by atoms with Crippen LogP contribution in [-0.2, 0) is 14.3 Å². The summed E-state index contributed by atoms with van der Waals surface area (Å²) in [7, 11) is 1.36. The minimum absolute atomic E-state index is 0.0303. The number of para-hydroxylation sites is 1. The standard InChI is InChI=1S/C20H22N2O3/c1-3-18(20(24)25-2)22(15-9-5-4-6-10-15)19(23)17-12-16(17)14-8-7-11-21-13-14/h4-11,13,16-18H,3,12H2,1-2H3/t16-,17+,18-/m1/s1. The molecule has 1 aliphatic carbocycles. The molecule has 1 saturated carbocycles. The van der Waals surface area contributed by atoms with Crippen molar-refractivity contribution in [2.24, 2.45) is 5.92 Å². The van der Waals surface area contributed by atoms with E-state index < -0.39 is 12.0 Å². The van der Waals surface area contributed by atoms with Gasteiger partial charge >= 0.3 is 5.97 Å². The van der Waals surface area contributed by atoms with Crippen LogP contribution in [0.15, 0.2) is 54.9 Å². The van der Waals surface area contributed by atoms with E-state index in [1.165, 1.54) is 7.11 Å². The van der Waals surface area contributed by atoms with Gasteiger partial charge in [0.05, 0.1) is 7.11 Å². The number of aromatic nitrogens is 1. The van der Waals surface area contributed by atoms with Gasteiger partial charge in [0.15, 0.2) is 0 Å². The minimum Gasteiger partial charge on any atom is -0.467 e. The van der Waals surface area contributed by atoms with E-state index in [4.69, 9.17) is 4.74 Å². The van der Waals surface area contributed by atoms with Gasteiger partial charge in [-0.25, -0.2) is 4.79 Å². The first kappa shape index (κ1) is 17.1. The van der Waals surface area contributed by atoms with Crippen LogP contribution in [0.3, 0.4) is 0 Å². The average Bonchev–Trinajstić information content (AvgIpc) is 3.47. The van der Waals surface area contributed by atoms with E-state index in [1.54, 1.807) is 11.1 Å². The normalized spacial score (nSPS) is 19.8. The van der Waals surface area contributed by atoms with E-state index in [0.717, 1.165) is 17.7 Å². The van der Waals surface area contributed by atoms with E-state index in [1.807, 2.05) is 55.6 Å². The molecule has 1 fully saturated rings. The quantitative estimate of drug-likeness (QED) is 0.759. The van der Waals surface area contributed by atoms with Crippen LogP contribution in [0.5, 0.6) is 0 Å². The van der Waals surface area contributed by atoms with Gasteiger partial charge in [0.25, 0.3) is 0 Å². The average molecular weight is 338 g/mol. The van der Waals surface area contributed by atoms with Gasteiger partial charge in [0.1, 0.15) is 6.04 Å². The van der Waals surface area contributed by atoms with E-state index >= 15 is 0 Å². The molecule has 0 radical (unpaired) electrons. The molecule has 1 aliphatic rings. The number of amides is 1. The zero-order valence-electron chi connectivity index (χ0n) is 14.5. The molecule has 0 spiro atoms. The van der Waals surface area contributed by atoms with Gasteiger partial charge < -0.3 is 4.74 Å². The molecule has 2 aromatic rings. The lowest BCUT2D eigenvalue weighted by Crippen LogP contribution is -2.46. The molecule has 130 valence electrons. The number of benzene rings is 1. The smallest absolute Gasteiger partial charge is 0.328 e. The Hall–Kier alpha value is -2.69. The summed E-state index contributed by atoms with van der Waals surface area (Å²) in [5.41, 5.74) is 1.79. The second-order valence-corrected chi connectivity index (χ2v) is 6.23. The maximum absolute atomic E-state index is 13.2. The highest BCUT2D eigenvalue weighted by Gasteiger charge is 2.48. The Balaban J connectivity index is 1.87. The number of carbonyl (C=O) groups is 2. The topological polar surface area (TPSA) is 59.5 Å². The molecule has 1 amide bonds. The third kappa shape index (κ3) is 3.55. The molecule has 0 saturated heterocycles. The summed E-state index contributed by atoms with van der Waals surface area (Å²) >= 11 is 0. The molecular weight excluding hydrogens is 316 g/mol. The number of anilines is 1. The Bertz CT molecular complexity index is 733. The molecular formula is C20H22N2O3. The summed E-state index contributed by atoms with van der Waals surface area (Å²) in [6.45, 7) is 1.89. The van der Waals surface area contributed by atoms with E-state index in [2.05, 4.69) is 4.98 Å². The highest BCUT2D eigenvalue weighted by atomic mass is 16.5. The predicted molar refractivity (Wildman–Crippen MR) is 95.1 cm³/mol. The highest BCUT2D eigenvalue weighted by molar-refractivity contribution is 6.02. The lowest BCUT2D eigenvalue weighted by Gasteiger charge is -2.29. The third-order valence-electron chi connectivity index (χ3n) is 4.66. The number of methoxy groups -OCH3 is 1. The minimum atomic E-state index is -0.616. The van der Waals surface area contributed by atoms with E-state index in [-0.39, 0.29) is 17.7 Å². The van der Waals surface area contributed by atoms with Crippen molar-refractivity contribution < 1.29 is 14.3 Å². The van der Waals surface area contributed by atoms with Crippen molar-refractivity contribution in [2.45, 2.75) is 31.7 Å². The zero-order chi connectivity index (χ0) is 17.8. The second kappa shape index (κ2) is 7.47. The largest absolute Gasteiger partial charge is 0.467 e. The van der Waals surface area contributed by atoms with Gasteiger partial charge in [-0.05, 0) is 42.5 Å². The lowest BCUT2D eigenvalue weighted by atomic mass is 10.1. The van der Waals surface area contributed by atoms with Crippen molar-refractivity contribution in [1.82, 2.24) is 4.98 Å². The maximum atomic E-state index is 13.2. The number of hydrogen-bond acceptors (Lipinski definition) is 4. The van der Waals surface area contributed by atoms with Crippen molar-refractivity contribution in [1.29, 1.82) is 0 Å². The van der Waals surface area contributed by atoms with Crippen LogP contribution in [0.25, 0.3) is 0 Å². The second-order valence-electron chi connectivity index (χ2n) is 6.23. The summed E-state index contributed by atoms with van der Waals surface area (Å²) in [5.74, 6) is -0.374. The predicted octanol–water partition coefficient (Wildman–Crippen LogP) is 3.17. The lowest BCUT2D eigenvalue weighted by molar-refractivity contribution is -0.143. The Labute approximate surface area is 147 Å². The fraction of sp³-hybridized carbons (Fsp3) is 0.350.